The molecule has 4 aromatic heterocycles. The molecule has 0 atom stereocenters. The lowest BCUT2D eigenvalue weighted by Crippen LogP contribution is -2.08. The van der Waals surface area contributed by atoms with Gasteiger partial charge in [0, 0.05) is 60.8 Å². The normalized spacial score (nSPS) is 13.9. The third-order valence-electron chi connectivity index (χ3n) is 10.6. The largest absolute Gasteiger partial charge is 0.392 e. The highest BCUT2D eigenvalue weighted by Gasteiger charge is 2.25. The van der Waals surface area contributed by atoms with Crippen LogP contribution in [0.25, 0.3) is 11.4 Å². The van der Waals surface area contributed by atoms with Gasteiger partial charge in [0.1, 0.15) is 23.0 Å². The predicted molar refractivity (Wildman–Crippen MR) is 213 cm³/mol. The molecule has 318 valence electrons. The van der Waals surface area contributed by atoms with Gasteiger partial charge >= 0.3 is 0 Å². The molecule has 1 N–H and O–H groups in total. The molecular formula is C45H44F6N8O2. The van der Waals surface area contributed by atoms with E-state index >= 15 is 0 Å². The molecule has 2 fully saturated rings. The Balaban J connectivity index is 0.000000173. The van der Waals surface area contributed by atoms with Crippen LogP contribution in [0.2, 0.25) is 0 Å². The lowest BCUT2D eigenvalue weighted by molar-refractivity contribution is 0.107. The van der Waals surface area contributed by atoms with E-state index in [1.54, 1.807) is 18.5 Å². The summed E-state index contributed by atoms with van der Waals surface area (Å²) < 4.78 is 93.5. The maximum Gasteiger partial charge on any atom is 0.282 e. The molecule has 0 spiro atoms. The van der Waals surface area contributed by atoms with Crippen molar-refractivity contribution in [2.75, 3.05) is 0 Å². The summed E-state index contributed by atoms with van der Waals surface area (Å²) in [6.45, 7) is 1.79. The molecule has 0 aliphatic heterocycles. The second kappa shape index (κ2) is 18.7. The summed E-state index contributed by atoms with van der Waals surface area (Å²) in [5, 5.41) is 26.4. The zero-order valence-corrected chi connectivity index (χ0v) is 33.1. The van der Waals surface area contributed by atoms with Crippen molar-refractivity contribution in [3.05, 3.63) is 166 Å². The minimum Gasteiger partial charge on any atom is -0.392 e. The second-order valence-corrected chi connectivity index (χ2v) is 15.6. The van der Waals surface area contributed by atoms with Gasteiger partial charge in [-0.3, -0.25) is 9.36 Å². The Morgan fingerprint density at radius 2 is 1.10 bits per heavy atom. The summed E-state index contributed by atoms with van der Waals surface area (Å²) in [6, 6.07) is 20.4. The van der Waals surface area contributed by atoms with E-state index in [0.29, 0.717) is 59.6 Å². The first-order valence-electron chi connectivity index (χ1n) is 20.1. The zero-order valence-electron chi connectivity index (χ0n) is 33.1. The fourth-order valence-electron chi connectivity index (χ4n) is 7.12. The third-order valence-corrected chi connectivity index (χ3v) is 10.6. The number of hydrogen-bond acceptors (Lipinski definition) is 6. The zero-order chi connectivity index (χ0) is 42.5. The molecule has 61 heavy (non-hydrogen) atoms. The van der Waals surface area contributed by atoms with Gasteiger partial charge < -0.3 is 9.84 Å². The third kappa shape index (κ3) is 10.9. The van der Waals surface area contributed by atoms with Gasteiger partial charge in [-0.1, -0.05) is 30.3 Å². The Morgan fingerprint density at radius 3 is 1.57 bits per heavy atom. The molecule has 3 aromatic carbocycles. The van der Waals surface area contributed by atoms with E-state index in [0.717, 1.165) is 29.8 Å². The Morgan fingerprint density at radius 1 is 0.607 bits per heavy atom. The number of hydrogen-bond donors (Lipinski definition) is 1. The summed E-state index contributed by atoms with van der Waals surface area (Å²) >= 11 is 0. The average Bonchev–Trinajstić information content (AvgIpc) is 4.01. The van der Waals surface area contributed by atoms with Gasteiger partial charge in [-0.15, -0.1) is 0 Å². The lowest BCUT2D eigenvalue weighted by Gasteiger charge is -2.13. The van der Waals surface area contributed by atoms with Crippen LogP contribution in [0.4, 0.5) is 26.3 Å². The van der Waals surface area contributed by atoms with Crippen LogP contribution >= 0.6 is 0 Å². The van der Waals surface area contributed by atoms with Crippen LogP contribution < -0.4 is 0 Å². The number of aromatic nitrogens is 8. The van der Waals surface area contributed by atoms with E-state index in [4.69, 9.17) is 4.74 Å². The fourth-order valence-corrected chi connectivity index (χ4v) is 7.12. The van der Waals surface area contributed by atoms with Crippen molar-refractivity contribution in [3.63, 3.8) is 0 Å². The Labute approximate surface area is 348 Å². The van der Waals surface area contributed by atoms with Crippen LogP contribution in [0.15, 0.2) is 104 Å². The van der Waals surface area contributed by atoms with Crippen molar-refractivity contribution in [3.8, 4) is 11.4 Å². The smallest absolute Gasteiger partial charge is 0.282 e. The van der Waals surface area contributed by atoms with E-state index in [1.807, 2.05) is 52.1 Å². The molecule has 2 aliphatic carbocycles. The highest BCUT2D eigenvalue weighted by Crippen LogP contribution is 2.32. The molecule has 0 bridgehead atoms. The number of nitrogens with zero attached hydrogens (tertiary/aromatic N) is 8. The van der Waals surface area contributed by atoms with Gasteiger partial charge in [0.05, 0.1) is 43.6 Å². The standard InChI is InChI=1S/C26H25F3N4O.C19H19F3N4O/c27-22-8-9-25(21(11-22)17-34-16-19-4-2-1-3-5-19)33-23(12-24(31-33)26(28)29)10-20-13-30-32(15-20)14-18-6-7-18;20-15-3-4-18(14(6-15)11-27)26-16(7-17(24-26)19(21)22)5-13-8-23-25(10-13)9-12-1-2-12/h1-5,8-9,11-13,15,18,26H,6-7,10,14,16-17H2;3-4,6-8,10,12,19,27H,1-2,5,9,11H2. The van der Waals surface area contributed by atoms with Crippen molar-refractivity contribution in [1.29, 1.82) is 0 Å². The maximum absolute atomic E-state index is 14.1. The SMILES string of the molecule is Fc1ccc(-n2nc(C(F)F)cc2Cc2cnn(CC3CC3)c2)c(COCc2ccccc2)c1.OCc1cc(F)ccc1-n1nc(C(F)F)cc1Cc1cnn(CC2CC2)c1. The number of halogens is 6. The summed E-state index contributed by atoms with van der Waals surface area (Å²) in [5.41, 5.74) is 4.92. The molecule has 7 aromatic rings. The van der Waals surface area contributed by atoms with Crippen molar-refractivity contribution in [1.82, 2.24) is 39.1 Å². The molecule has 9 rings (SSSR count). The minimum atomic E-state index is -2.72. The molecule has 0 unspecified atom stereocenters. The van der Waals surface area contributed by atoms with Gasteiger partial charge in [0.2, 0.25) is 0 Å². The summed E-state index contributed by atoms with van der Waals surface area (Å²) in [7, 11) is 0. The molecule has 16 heteroatoms. The maximum atomic E-state index is 14.1. The number of aliphatic hydroxyl groups excluding tert-OH is 1. The van der Waals surface area contributed by atoms with Crippen LogP contribution in [0, 0.1) is 23.5 Å². The van der Waals surface area contributed by atoms with E-state index in [-0.39, 0.29) is 23.6 Å². The summed E-state index contributed by atoms with van der Waals surface area (Å²) in [6.07, 6.45) is 7.52. The van der Waals surface area contributed by atoms with Gasteiger partial charge in [0.25, 0.3) is 12.9 Å². The number of aliphatic hydroxyl groups is 1. The minimum absolute atomic E-state index is 0.116. The van der Waals surface area contributed by atoms with Gasteiger partial charge in [-0.05, 0) is 103 Å². The van der Waals surface area contributed by atoms with Gasteiger partial charge in [-0.25, -0.2) is 35.7 Å². The van der Waals surface area contributed by atoms with E-state index in [2.05, 4.69) is 20.4 Å². The first-order chi connectivity index (χ1) is 29.6. The monoisotopic (exact) mass is 842 g/mol. The summed E-state index contributed by atoms with van der Waals surface area (Å²) in [4.78, 5) is 0. The van der Waals surface area contributed by atoms with Crippen LogP contribution in [-0.4, -0.2) is 44.2 Å². The molecule has 10 nitrogen and oxygen atoms in total. The molecule has 2 aliphatic rings. The highest BCUT2D eigenvalue weighted by molar-refractivity contribution is 5.44. The average molecular weight is 843 g/mol. The first kappa shape index (κ1) is 41.7. The summed E-state index contributed by atoms with van der Waals surface area (Å²) in [5.74, 6) is 0.430. The van der Waals surface area contributed by atoms with Crippen LogP contribution in [-0.2, 0) is 50.5 Å². The van der Waals surface area contributed by atoms with Crippen LogP contribution in [0.3, 0.4) is 0 Å². The number of rotatable bonds is 17. The van der Waals surface area contributed by atoms with E-state index < -0.39 is 31.1 Å². The number of ether oxygens (including phenoxy) is 1. The first-order valence-corrected chi connectivity index (χ1v) is 20.1. The fraction of sp³-hybridized carbons (Fsp3) is 0.333. The van der Waals surface area contributed by atoms with Crippen molar-refractivity contribution < 1.29 is 36.2 Å². The van der Waals surface area contributed by atoms with Gasteiger partial charge in [0.15, 0.2) is 0 Å². The Hall–Kier alpha value is -6.00. The number of alkyl halides is 4. The van der Waals surface area contributed by atoms with Crippen molar-refractivity contribution in [2.45, 2.75) is 84.3 Å². The highest BCUT2D eigenvalue weighted by atomic mass is 19.3. The van der Waals surface area contributed by atoms with Crippen molar-refractivity contribution in [2.24, 2.45) is 11.8 Å². The van der Waals surface area contributed by atoms with E-state index in [9.17, 15) is 31.4 Å². The van der Waals surface area contributed by atoms with Gasteiger partial charge in [-0.2, -0.15) is 20.4 Å². The molecule has 0 saturated heterocycles. The quantitative estimate of drug-likeness (QED) is 0.0918. The van der Waals surface area contributed by atoms with E-state index in [1.165, 1.54) is 77.5 Å². The predicted octanol–water partition coefficient (Wildman–Crippen LogP) is 9.50. The molecule has 0 radical (unpaired) electrons. The molecular weight excluding hydrogens is 799 g/mol. The van der Waals surface area contributed by atoms with Crippen LogP contribution in [0.1, 0.15) is 89.1 Å². The number of benzene rings is 3. The molecule has 2 saturated carbocycles. The second-order valence-electron chi connectivity index (χ2n) is 15.6. The van der Waals surface area contributed by atoms with Crippen LogP contribution in [0.5, 0.6) is 0 Å². The van der Waals surface area contributed by atoms with Crippen molar-refractivity contribution >= 4 is 0 Å². The lowest BCUT2D eigenvalue weighted by atomic mass is 10.1. The topological polar surface area (TPSA) is 101 Å². The molecule has 0 amide bonds. The molecule has 4 heterocycles. The Kier molecular flexibility index (Phi) is 12.8. The Bertz CT molecular complexity index is 2540.